The third kappa shape index (κ3) is 9.61. The van der Waals surface area contributed by atoms with Crippen molar-refractivity contribution in [3.63, 3.8) is 0 Å². The molecule has 1 aromatic rings. The number of hydrogen-bond acceptors (Lipinski definition) is 6. The number of aliphatic hydroxyl groups is 1. The highest BCUT2D eigenvalue weighted by Crippen LogP contribution is 2.41. The molecule has 1 N–H and O–H groups in total. The zero-order valence-corrected chi connectivity index (χ0v) is 20.1. The molecule has 0 saturated carbocycles. The van der Waals surface area contributed by atoms with Gasteiger partial charge in [-0.25, -0.2) is 0 Å². The number of benzene rings is 1. The van der Waals surface area contributed by atoms with Gasteiger partial charge in [-0.3, -0.25) is 9.59 Å². The van der Waals surface area contributed by atoms with E-state index in [9.17, 15) is 14.7 Å². The van der Waals surface area contributed by atoms with Gasteiger partial charge in [-0.1, -0.05) is 55.8 Å². The first-order valence-electron chi connectivity index (χ1n) is 11.6. The smallest absolute Gasteiger partial charge is 0.310 e. The van der Waals surface area contributed by atoms with Crippen molar-refractivity contribution in [3.05, 3.63) is 58.7 Å². The number of rotatable bonds is 14. The summed E-state index contributed by atoms with van der Waals surface area (Å²) in [5, 5.41) is 10.4. The molecule has 0 amide bonds. The number of hydrogen-bond donors (Lipinski definition) is 1. The highest BCUT2D eigenvalue weighted by molar-refractivity contribution is 8.03. The lowest BCUT2D eigenvalue weighted by atomic mass is 10.0. The molecule has 2 unspecified atom stereocenters. The predicted octanol–water partition coefficient (Wildman–Crippen LogP) is 5.58. The molecule has 0 aliphatic heterocycles. The normalized spacial score (nSPS) is 17.0. The van der Waals surface area contributed by atoms with Gasteiger partial charge in [0.1, 0.15) is 5.76 Å². The van der Waals surface area contributed by atoms with Gasteiger partial charge < -0.3 is 14.6 Å². The summed E-state index contributed by atoms with van der Waals surface area (Å²) < 4.78 is 10.4. The van der Waals surface area contributed by atoms with Crippen molar-refractivity contribution in [2.24, 2.45) is 5.92 Å². The molecule has 1 aliphatic carbocycles. The van der Waals surface area contributed by atoms with Crippen molar-refractivity contribution >= 4 is 23.7 Å². The standard InChI is InChI=1S/C26H36O5S/c1-3-10-25(29)31-23-17-15-21(14-16-22(27)19-20-11-6-4-7-12-20)26(23)32-18-9-5-8-13-24(28)30-2/h4,6-7,11-12,14,16,21-22,27H,3,5,8-10,13,15,17-19H2,1-2H3/b16-14+. The Bertz CT molecular complexity index is 772. The molecule has 2 atom stereocenters. The van der Waals surface area contributed by atoms with Crippen molar-refractivity contribution < 1.29 is 24.2 Å². The van der Waals surface area contributed by atoms with Crippen molar-refractivity contribution in [1.29, 1.82) is 0 Å². The average molecular weight is 461 g/mol. The van der Waals surface area contributed by atoms with E-state index in [1.54, 1.807) is 11.8 Å². The molecule has 2 rings (SSSR count). The highest BCUT2D eigenvalue weighted by Gasteiger charge is 2.27. The van der Waals surface area contributed by atoms with Gasteiger partial charge in [0.2, 0.25) is 0 Å². The lowest BCUT2D eigenvalue weighted by Crippen LogP contribution is -2.08. The van der Waals surface area contributed by atoms with Crippen LogP contribution in [0.2, 0.25) is 0 Å². The van der Waals surface area contributed by atoms with Gasteiger partial charge in [0.25, 0.3) is 0 Å². The molecule has 0 radical (unpaired) electrons. The molecular weight excluding hydrogens is 424 g/mol. The second kappa shape index (κ2) is 14.9. The van der Waals surface area contributed by atoms with E-state index in [0.717, 1.165) is 60.5 Å². The van der Waals surface area contributed by atoms with Gasteiger partial charge in [0.05, 0.1) is 13.2 Å². The average Bonchev–Trinajstić information content (AvgIpc) is 3.16. The second-order valence-corrected chi connectivity index (χ2v) is 9.17. The quantitative estimate of drug-likeness (QED) is 0.222. The van der Waals surface area contributed by atoms with Crippen LogP contribution in [0.25, 0.3) is 0 Å². The van der Waals surface area contributed by atoms with Crippen LogP contribution in [-0.4, -0.2) is 36.0 Å². The van der Waals surface area contributed by atoms with E-state index in [-0.39, 0.29) is 17.9 Å². The van der Waals surface area contributed by atoms with Gasteiger partial charge in [-0.2, -0.15) is 0 Å². The van der Waals surface area contributed by atoms with Crippen LogP contribution in [0, 0.1) is 5.92 Å². The van der Waals surface area contributed by atoms with Crippen LogP contribution in [0.15, 0.2) is 53.1 Å². The minimum Gasteiger partial charge on any atom is -0.469 e. The number of thioether (sulfide) groups is 1. The monoisotopic (exact) mass is 460 g/mol. The number of carbonyl (C=O) groups excluding carboxylic acids is 2. The highest BCUT2D eigenvalue weighted by atomic mass is 32.2. The summed E-state index contributed by atoms with van der Waals surface area (Å²) >= 11 is 1.73. The molecule has 0 bridgehead atoms. The molecule has 0 fully saturated rings. The minimum absolute atomic E-state index is 0.157. The van der Waals surface area contributed by atoms with E-state index in [4.69, 9.17) is 4.74 Å². The van der Waals surface area contributed by atoms with Crippen molar-refractivity contribution in [3.8, 4) is 0 Å². The number of esters is 2. The second-order valence-electron chi connectivity index (χ2n) is 8.03. The van der Waals surface area contributed by atoms with Crippen LogP contribution in [0.1, 0.15) is 63.9 Å². The Morgan fingerprint density at radius 3 is 2.66 bits per heavy atom. The Balaban J connectivity index is 1.93. The Morgan fingerprint density at radius 1 is 1.16 bits per heavy atom. The lowest BCUT2D eigenvalue weighted by Gasteiger charge is -2.13. The Kier molecular flexibility index (Phi) is 12.2. The third-order valence-corrected chi connectivity index (χ3v) is 6.68. The Hall–Kier alpha value is -2.05. The third-order valence-electron chi connectivity index (χ3n) is 5.35. The fourth-order valence-electron chi connectivity index (χ4n) is 3.63. The maximum Gasteiger partial charge on any atom is 0.310 e. The fraction of sp³-hybridized carbons (Fsp3) is 0.538. The van der Waals surface area contributed by atoms with Crippen LogP contribution in [0.4, 0.5) is 0 Å². The molecule has 0 heterocycles. The van der Waals surface area contributed by atoms with E-state index >= 15 is 0 Å². The molecular formula is C26H36O5S. The summed E-state index contributed by atoms with van der Waals surface area (Å²) in [6, 6.07) is 9.94. The van der Waals surface area contributed by atoms with Crippen LogP contribution < -0.4 is 0 Å². The number of ether oxygens (including phenoxy) is 2. The predicted molar refractivity (Wildman–Crippen MR) is 129 cm³/mol. The minimum atomic E-state index is -0.548. The van der Waals surface area contributed by atoms with Gasteiger partial charge in [0.15, 0.2) is 0 Å². The van der Waals surface area contributed by atoms with Crippen molar-refractivity contribution in [2.45, 2.75) is 70.8 Å². The first-order valence-corrected chi connectivity index (χ1v) is 12.6. The summed E-state index contributed by atoms with van der Waals surface area (Å²) in [7, 11) is 1.41. The van der Waals surface area contributed by atoms with Gasteiger partial charge in [-0.15, -0.1) is 11.8 Å². The molecule has 176 valence electrons. The fourth-order valence-corrected chi connectivity index (χ4v) is 4.91. The van der Waals surface area contributed by atoms with E-state index in [1.807, 2.05) is 43.3 Å². The molecule has 0 spiro atoms. The van der Waals surface area contributed by atoms with E-state index in [0.29, 0.717) is 19.3 Å². The van der Waals surface area contributed by atoms with Crippen LogP contribution in [-0.2, 0) is 25.5 Å². The number of methoxy groups -OCH3 is 1. The number of allylic oxidation sites excluding steroid dienone is 3. The number of unbranched alkanes of at least 4 members (excludes halogenated alkanes) is 2. The molecule has 0 saturated heterocycles. The first-order chi connectivity index (χ1) is 15.5. The maximum atomic E-state index is 12.1. The SMILES string of the molecule is CCCC(=O)OC1=C(SCCCCCC(=O)OC)C(/C=C/C(O)Cc2ccccc2)CC1. The molecule has 5 nitrogen and oxygen atoms in total. The van der Waals surface area contributed by atoms with E-state index in [2.05, 4.69) is 10.8 Å². The number of aliphatic hydroxyl groups excluding tert-OH is 1. The van der Waals surface area contributed by atoms with Crippen LogP contribution >= 0.6 is 11.8 Å². The largest absolute Gasteiger partial charge is 0.469 e. The molecule has 0 aromatic heterocycles. The van der Waals surface area contributed by atoms with Crippen LogP contribution in [0.3, 0.4) is 0 Å². The summed E-state index contributed by atoms with van der Waals surface area (Å²) in [5.41, 5.74) is 1.10. The molecule has 6 heteroatoms. The zero-order chi connectivity index (χ0) is 23.2. The van der Waals surface area contributed by atoms with Crippen molar-refractivity contribution in [1.82, 2.24) is 0 Å². The summed E-state index contributed by atoms with van der Waals surface area (Å²) in [6.45, 7) is 1.97. The topological polar surface area (TPSA) is 72.8 Å². The summed E-state index contributed by atoms with van der Waals surface area (Å²) in [4.78, 5) is 24.4. The number of carbonyl (C=O) groups is 2. The summed E-state index contributed by atoms with van der Waals surface area (Å²) in [6.07, 6.45) is 9.98. The van der Waals surface area contributed by atoms with Crippen molar-refractivity contribution in [2.75, 3.05) is 12.9 Å². The lowest BCUT2D eigenvalue weighted by molar-refractivity contribution is -0.141. The molecule has 1 aromatic carbocycles. The Labute approximate surface area is 196 Å². The van der Waals surface area contributed by atoms with Gasteiger partial charge in [0, 0.05) is 36.5 Å². The first kappa shape index (κ1) is 26.2. The molecule has 1 aliphatic rings. The zero-order valence-electron chi connectivity index (χ0n) is 19.3. The van der Waals surface area contributed by atoms with Gasteiger partial charge >= 0.3 is 11.9 Å². The Morgan fingerprint density at radius 2 is 1.94 bits per heavy atom. The van der Waals surface area contributed by atoms with E-state index in [1.165, 1.54) is 7.11 Å². The molecule has 32 heavy (non-hydrogen) atoms. The maximum absolute atomic E-state index is 12.1. The van der Waals surface area contributed by atoms with Gasteiger partial charge in [-0.05, 0) is 37.0 Å². The van der Waals surface area contributed by atoms with E-state index < -0.39 is 6.10 Å². The summed E-state index contributed by atoms with van der Waals surface area (Å²) in [5.74, 6) is 1.51. The van der Waals surface area contributed by atoms with Crippen LogP contribution in [0.5, 0.6) is 0 Å².